The van der Waals surface area contributed by atoms with Crippen LogP contribution in [0.5, 0.6) is 5.75 Å². The van der Waals surface area contributed by atoms with E-state index in [1.54, 1.807) is 12.7 Å². The van der Waals surface area contributed by atoms with Crippen molar-refractivity contribution in [2.45, 2.75) is 38.1 Å². The average Bonchev–Trinajstić information content (AvgIpc) is 3.27. The fraction of sp³-hybridized carbons (Fsp3) is 0.500. The van der Waals surface area contributed by atoms with Crippen molar-refractivity contribution in [3.63, 3.8) is 0 Å². The van der Waals surface area contributed by atoms with Gasteiger partial charge in [0, 0.05) is 6.04 Å². The lowest BCUT2D eigenvalue weighted by molar-refractivity contribution is 0.416. The van der Waals surface area contributed by atoms with Gasteiger partial charge in [0.2, 0.25) is 0 Å². The highest BCUT2D eigenvalue weighted by Gasteiger charge is 2.36. The Morgan fingerprint density at radius 3 is 2.78 bits per heavy atom. The van der Waals surface area contributed by atoms with E-state index in [-0.39, 0.29) is 0 Å². The first kappa shape index (κ1) is 10.5. The second-order valence-electron chi connectivity index (χ2n) is 5.85. The fourth-order valence-electron chi connectivity index (χ4n) is 2.97. The number of allylic oxidation sites excluding steroid dienone is 1. The molecule has 2 nitrogen and oxygen atoms in total. The third kappa shape index (κ3) is 1.80. The Hall–Kier alpha value is -1.44. The molecule has 0 spiro atoms. The highest BCUT2D eigenvalue weighted by atomic mass is 16.5. The zero-order chi connectivity index (χ0) is 12.1. The van der Waals surface area contributed by atoms with Crippen LogP contribution in [0, 0.1) is 5.92 Å². The van der Waals surface area contributed by atoms with Gasteiger partial charge >= 0.3 is 0 Å². The van der Waals surface area contributed by atoms with E-state index in [4.69, 9.17) is 4.74 Å². The summed E-state index contributed by atoms with van der Waals surface area (Å²) in [5, 5.41) is 3.67. The minimum Gasteiger partial charge on any atom is -0.495 e. The van der Waals surface area contributed by atoms with Gasteiger partial charge < -0.3 is 10.1 Å². The van der Waals surface area contributed by atoms with Crippen LogP contribution in [0.15, 0.2) is 17.7 Å². The van der Waals surface area contributed by atoms with Gasteiger partial charge in [0.25, 0.3) is 0 Å². The maximum Gasteiger partial charge on any atom is 0.142 e. The lowest BCUT2D eigenvalue weighted by Gasteiger charge is -2.11. The molecule has 1 N–H and O–H groups in total. The van der Waals surface area contributed by atoms with Crippen LogP contribution in [0.3, 0.4) is 0 Å². The summed E-state index contributed by atoms with van der Waals surface area (Å²) in [6, 6.07) is 5.17. The van der Waals surface area contributed by atoms with Crippen LogP contribution < -0.4 is 10.1 Å². The molecule has 4 rings (SSSR count). The third-order valence-electron chi connectivity index (χ3n) is 4.30. The molecule has 1 aliphatic heterocycles. The lowest BCUT2D eigenvalue weighted by Crippen LogP contribution is -2.17. The normalized spacial score (nSPS) is 24.5. The first-order valence-electron chi connectivity index (χ1n) is 7.00. The molecule has 0 bridgehead atoms. The Bertz CT molecular complexity index is 522. The lowest BCUT2D eigenvalue weighted by atomic mass is 10.0. The van der Waals surface area contributed by atoms with Gasteiger partial charge in [0.05, 0.1) is 12.8 Å². The Labute approximate surface area is 108 Å². The number of hydrogen-bond donors (Lipinski definition) is 1. The summed E-state index contributed by atoms with van der Waals surface area (Å²) in [5.41, 5.74) is 5.57. The highest BCUT2D eigenvalue weighted by Crippen LogP contribution is 2.44. The van der Waals surface area contributed by atoms with E-state index in [1.807, 2.05) is 0 Å². The van der Waals surface area contributed by atoms with Gasteiger partial charge in [-0.15, -0.1) is 0 Å². The first-order valence-corrected chi connectivity index (χ1v) is 7.00. The maximum absolute atomic E-state index is 5.56. The van der Waals surface area contributed by atoms with E-state index >= 15 is 0 Å². The number of anilines is 1. The molecule has 2 fully saturated rings. The van der Waals surface area contributed by atoms with Crippen molar-refractivity contribution in [3.8, 4) is 5.75 Å². The molecule has 0 radical (unpaired) electrons. The molecule has 1 atom stereocenters. The summed E-state index contributed by atoms with van der Waals surface area (Å²) < 4.78 is 5.56. The smallest absolute Gasteiger partial charge is 0.142 e. The molecule has 94 valence electrons. The predicted molar refractivity (Wildman–Crippen MR) is 74.0 cm³/mol. The van der Waals surface area contributed by atoms with Crippen molar-refractivity contribution in [3.05, 3.63) is 28.8 Å². The van der Waals surface area contributed by atoms with Crippen LogP contribution in [0.4, 0.5) is 5.69 Å². The molecule has 1 unspecified atom stereocenters. The van der Waals surface area contributed by atoms with Crippen molar-refractivity contribution >= 4 is 11.8 Å². The average molecular weight is 241 g/mol. The van der Waals surface area contributed by atoms with E-state index in [0.717, 1.165) is 11.7 Å². The third-order valence-corrected chi connectivity index (χ3v) is 4.30. The summed E-state index contributed by atoms with van der Waals surface area (Å²) in [5.74, 6) is 1.91. The largest absolute Gasteiger partial charge is 0.495 e. The van der Waals surface area contributed by atoms with Gasteiger partial charge in [-0.3, -0.25) is 0 Å². The molecule has 3 aliphatic rings. The topological polar surface area (TPSA) is 21.3 Å². The molecule has 0 saturated heterocycles. The number of hydrogen-bond acceptors (Lipinski definition) is 2. The number of nitrogens with one attached hydrogen (secondary N) is 1. The van der Waals surface area contributed by atoms with Crippen molar-refractivity contribution in [1.29, 1.82) is 0 Å². The van der Waals surface area contributed by atoms with Crippen molar-refractivity contribution in [1.82, 2.24) is 0 Å². The van der Waals surface area contributed by atoms with Crippen LogP contribution in [-0.4, -0.2) is 13.2 Å². The predicted octanol–water partition coefficient (Wildman–Crippen LogP) is 3.62. The Morgan fingerprint density at radius 2 is 2.11 bits per heavy atom. The minimum absolute atomic E-state index is 0.651. The van der Waals surface area contributed by atoms with Crippen molar-refractivity contribution < 1.29 is 4.74 Å². The molecule has 2 heteroatoms. The molecular formula is C16H19NO. The van der Waals surface area contributed by atoms with E-state index in [9.17, 15) is 0 Å². The number of methoxy groups -OCH3 is 1. The van der Waals surface area contributed by atoms with E-state index in [2.05, 4.69) is 23.5 Å². The minimum atomic E-state index is 0.651. The number of rotatable bonds is 3. The summed E-state index contributed by atoms with van der Waals surface area (Å²) >= 11 is 0. The SMILES string of the molecule is COc1cc(C=C2CC2)cc2c1NC(C1CC1)C2. The standard InChI is InChI=1S/C16H19NO/c1-18-15-8-11(6-10-2-3-10)7-13-9-14(12-4-5-12)17-16(13)15/h6-8,12,14,17H,2-5,9H2,1H3. The molecule has 2 aliphatic carbocycles. The first-order chi connectivity index (χ1) is 8.83. The van der Waals surface area contributed by atoms with Gasteiger partial charge in [-0.25, -0.2) is 0 Å². The zero-order valence-corrected chi connectivity index (χ0v) is 10.8. The van der Waals surface area contributed by atoms with Crippen LogP contribution in [0.1, 0.15) is 36.8 Å². The molecule has 0 aromatic heterocycles. The van der Waals surface area contributed by atoms with Crippen LogP contribution in [-0.2, 0) is 6.42 Å². The molecule has 1 aromatic rings. The second kappa shape index (κ2) is 3.78. The summed E-state index contributed by atoms with van der Waals surface area (Å²) in [6.45, 7) is 0. The van der Waals surface area contributed by atoms with Crippen molar-refractivity contribution in [2.24, 2.45) is 5.92 Å². The second-order valence-corrected chi connectivity index (χ2v) is 5.85. The monoisotopic (exact) mass is 241 g/mol. The van der Waals surface area contributed by atoms with Crippen molar-refractivity contribution in [2.75, 3.05) is 12.4 Å². The Morgan fingerprint density at radius 1 is 1.28 bits per heavy atom. The van der Waals surface area contributed by atoms with E-state index < -0.39 is 0 Å². The van der Waals surface area contributed by atoms with Gasteiger partial charge in [-0.1, -0.05) is 11.6 Å². The Balaban J connectivity index is 1.70. The summed E-state index contributed by atoms with van der Waals surface area (Å²) in [4.78, 5) is 0. The van der Waals surface area contributed by atoms with E-state index in [0.29, 0.717) is 6.04 Å². The summed E-state index contributed by atoms with van der Waals surface area (Å²) in [7, 11) is 1.77. The maximum atomic E-state index is 5.56. The van der Waals surface area contributed by atoms with Crippen LogP contribution in [0.2, 0.25) is 0 Å². The quantitative estimate of drug-likeness (QED) is 0.872. The molecule has 1 heterocycles. The zero-order valence-electron chi connectivity index (χ0n) is 10.8. The van der Waals surface area contributed by atoms with Gasteiger partial charge in [0.15, 0.2) is 0 Å². The molecule has 0 amide bonds. The molecule has 18 heavy (non-hydrogen) atoms. The van der Waals surface area contributed by atoms with Gasteiger partial charge in [0.1, 0.15) is 5.75 Å². The number of benzene rings is 1. The number of fused-ring (bicyclic) bond motifs is 1. The summed E-state index contributed by atoms with van der Waals surface area (Å²) in [6.07, 6.45) is 8.85. The van der Waals surface area contributed by atoms with Crippen LogP contribution in [0.25, 0.3) is 6.08 Å². The molecule has 2 saturated carbocycles. The fourth-order valence-corrected chi connectivity index (χ4v) is 2.97. The van der Waals surface area contributed by atoms with Gasteiger partial charge in [-0.05, 0) is 61.3 Å². The highest BCUT2D eigenvalue weighted by molar-refractivity contribution is 5.72. The van der Waals surface area contributed by atoms with Gasteiger partial charge in [-0.2, -0.15) is 0 Å². The Kier molecular flexibility index (Phi) is 2.20. The van der Waals surface area contributed by atoms with Crippen LogP contribution >= 0.6 is 0 Å². The number of ether oxygens (including phenoxy) is 1. The van der Waals surface area contributed by atoms with E-state index in [1.165, 1.54) is 48.9 Å². The molecular weight excluding hydrogens is 222 g/mol. The molecule has 1 aromatic carbocycles.